The monoisotopic (exact) mass is 313 g/mol. The molecule has 0 fully saturated rings. The van der Waals surface area contributed by atoms with E-state index in [9.17, 15) is 13.6 Å². The largest absolute Gasteiger partial charge is 0.462 e. The third-order valence-corrected chi connectivity index (χ3v) is 2.52. The van der Waals surface area contributed by atoms with Crippen LogP contribution < -0.4 is 0 Å². The maximum absolute atomic E-state index is 12.3. The van der Waals surface area contributed by atoms with Crippen molar-refractivity contribution < 1.29 is 18.3 Å². The van der Waals surface area contributed by atoms with Gasteiger partial charge in [-0.25, -0.2) is 18.6 Å². The van der Waals surface area contributed by atoms with Gasteiger partial charge in [0, 0.05) is 0 Å². The van der Waals surface area contributed by atoms with Crippen LogP contribution in [0.3, 0.4) is 0 Å². The molecule has 0 aliphatic carbocycles. The Bertz CT molecular complexity index is 391. The van der Waals surface area contributed by atoms with E-state index >= 15 is 0 Å². The number of carbonyl (C=O) groups excluding carboxylic acids is 1. The zero-order valence-corrected chi connectivity index (χ0v) is 10.5. The lowest BCUT2D eigenvalue weighted by Gasteiger charge is -2.08. The lowest BCUT2D eigenvalue weighted by Crippen LogP contribution is -2.08. The number of alkyl halides is 2. The van der Waals surface area contributed by atoms with Crippen molar-refractivity contribution in [2.45, 2.75) is 13.3 Å². The van der Waals surface area contributed by atoms with Gasteiger partial charge in [0.15, 0.2) is 0 Å². The lowest BCUT2D eigenvalue weighted by molar-refractivity contribution is 0.0524. The van der Waals surface area contributed by atoms with E-state index in [1.54, 1.807) is 6.92 Å². The average Bonchev–Trinajstić information content (AvgIpc) is 2.16. The van der Waals surface area contributed by atoms with Gasteiger partial charge in [0.2, 0.25) is 0 Å². The van der Waals surface area contributed by atoms with E-state index in [1.165, 1.54) is 0 Å². The van der Waals surface area contributed by atoms with E-state index < -0.39 is 18.1 Å². The maximum Gasteiger partial charge on any atom is 0.342 e. The van der Waals surface area contributed by atoms with Crippen LogP contribution in [0.2, 0.25) is 5.02 Å². The fraction of sp³-hybridized carbons (Fsp3) is 0.333. The van der Waals surface area contributed by atoms with E-state index in [0.29, 0.717) is 0 Å². The number of pyridine rings is 1. The molecular formula is C9H7BrClF2NO2. The third-order valence-electron chi connectivity index (χ3n) is 1.65. The summed E-state index contributed by atoms with van der Waals surface area (Å²) < 4.78 is 29.4. The minimum Gasteiger partial charge on any atom is -0.462 e. The summed E-state index contributed by atoms with van der Waals surface area (Å²) in [4.78, 5) is 14.9. The Labute approximate surface area is 104 Å². The fourth-order valence-electron chi connectivity index (χ4n) is 0.999. The standard InChI is InChI=1S/C9H7BrClF2NO2/c1-2-16-9(15)6-4(11)3-5(8(12)13)14-7(6)10/h3,8H,2H2,1H3. The highest BCUT2D eigenvalue weighted by Gasteiger charge is 2.20. The summed E-state index contributed by atoms with van der Waals surface area (Å²) in [6.45, 7) is 1.79. The number of aromatic nitrogens is 1. The number of carbonyl (C=O) groups is 1. The number of rotatable bonds is 3. The molecule has 0 atom stereocenters. The fourth-order valence-corrected chi connectivity index (χ4v) is 1.97. The molecule has 3 nitrogen and oxygen atoms in total. The maximum atomic E-state index is 12.3. The molecule has 0 N–H and O–H groups in total. The van der Waals surface area contributed by atoms with E-state index in [1.807, 2.05) is 0 Å². The summed E-state index contributed by atoms with van der Waals surface area (Å²) in [7, 11) is 0. The molecule has 0 radical (unpaired) electrons. The predicted molar refractivity (Wildman–Crippen MR) is 57.9 cm³/mol. The molecule has 7 heteroatoms. The summed E-state index contributed by atoms with van der Waals surface area (Å²) in [6.07, 6.45) is -2.75. The molecule has 0 saturated heterocycles. The molecule has 0 spiro atoms. The molecule has 1 aromatic heterocycles. The number of hydrogen-bond acceptors (Lipinski definition) is 3. The van der Waals surface area contributed by atoms with Gasteiger partial charge >= 0.3 is 5.97 Å². The second kappa shape index (κ2) is 5.54. The zero-order valence-electron chi connectivity index (χ0n) is 8.14. The van der Waals surface area contributed by atoms with E-state index in [2.05, 4.69) is 20.9 Å². The van der Waals surface area contributed by atoms with Crippen LogP contribution in [-0.2, 0) is 4.74 Å². The summed E-state index contributed by atoms with van der Waals surface area (Å²) >= 11 is 8.61. The minimum atomic E-state index is -2.75. The van der Waals surface area contributed by atoms with Crippen molar-refractivity contribution in [1.82, 2.24) is 4.98 Å². The number of ether oxygens (including phenoxy) is 1. The normalized spacial score (nSPS) is 10.6. The van der Waals surface area contributed by atoms with Gasteiger partial charge in [0.05, 0.1) is 11.6 Å². The molecule has 1 heterocycles. The van der Waals surface area contributed by atoms with Crippen molar-refractivity contribution in [1.29, 1.82) is 0 Å². The molecular weight excluding hydrogens is 307 g/mol. The first-order valence-corrected chi connectivity index (χ1v) is 5.45. The van der Waals surface area contributed by atoms with Crippen LogP contribution in [0.1, 0.15) is 29.4 Å². The smallest absolute Gasteiger partial charge is 0.342 e. The van der Waals surface area contributed by atoms with Gasteiger partial charge in [0.1, 0.15) is 15.9 Å². The van der Waals surface area contributed by atoms with E-state index in [4.69, 9.17) is 16.3 Å². The Morgan fingerprint density at radius 2 is 2.31 bits per heavy atom. The average molecular weight is 315 g/mol. The number of nitrogens with zero attached hydrogens (tertiary/aromatic N) is 1. The Kier molecular flexibility index (Phi) is 4.61. The molecule has 0 unspecified atom stereocenters. The molecule has 0 saturated carbocycles. The Morgan fingerprint density at radius 3 is 2.75 bits per heavy atom. The minimum absolute atomic E-state index is 0.0475. The highest BCUT2D eigenvalue weighted by molar-refractivity contribution is 9.10. The highest BCUT2D eigenvalue weighted by atomic mass is 79.9. The molecule has 1 aromatic rings. The molecule has 0 aliphatic heterocycles. The van der Waals surface area contributed by atoms with Crippen molar-refractivity contribution in [2.24, 2.45) is 0 Å². The van der Waals surface area contributed by atoms with Crippen LogP contribution >= 0.6 is 27.5 Å². The first-order valence-electron chi connectivity index (χ1n) is 4.28. The third kappa shape index (κ3) is 2.89. The van der Waals surface area contributed by atoms with Crippen molar-refractivity contribution in [2.75, 3.05) is 6.61 Å². The highest BCUT2D eigenvalue weighted by Crippen LogP contribution is 2.28. The van der Waals surface area contributed by atoms with Crippen LogP contribution in [0.4, 0.5) is 8.78 Å². The molecule has 0 aromatic carbocycles. The molecule has 88 valence electrons. The second-order valence-electron chi connectivity index (χ2n) is 2.72. The number of esters is 1. The zero-order chi connectivity index (χ0) is 12.3. The van der Waals surface area contributed by atoms with Gasteiger partial charge in [-0.05, 0) is 28.9 Å². The summed E-state index contributed by atoms with van der Waals surface area (Å²) in [5.74, 6) is -0.701. The van der Waals surface area contributed by atoms with Crippen molar-refractivity contribution in [3.05, 3.63) is 26.9 Å². The van der Waals surface area contributed by atoms with Gasteiger partial charge < -0.3 is 4.74 Å². The molecule has 0 amide bonds. The summed E-state index contributed by atoms with van der Waals surface area (Å²) in [5, 5.41) is -0.115. The van der Waals surface area contributed by atoms with Crippen LogP contribution in [0, 0.1) is 0 Å². The molecule has 0 aliphatic rings. The molecule has 1 rings (SSSR count). The first-order chi connectivity index (χ1) is 7.47. The summed E-state index contributed by atoms with van der Waals surface area (Å²) in [5.41, 5.74) is -0.544. The Balaban J connectivity index is 3.17. The SMILES string of the molecule is CCOC(=O)c1c(Cl)cc(C(F)F)nc1Br. The van der Waals surface area contributed by atoms with Crippen LogP contribution in [0.15, 0.2) is 10.7 Å². The molecule has 0 bridgehead atoms. The quantitative estimate of drug-likeness (QED) is 0.632. The van der Waals surface area contributed by atoms with Gasteiger partial charge in [-0.15, -0.1) is 0 Å². The number of hydrogen-bond donors (Lipinski definition) is 0. The van der Waals surface area contributed by atoms with Crippen LogP contribution in [-0.4, -0.2) is 17.6 Å². The van der Waals surface area contributed by atoms with Crippen LogP contribution in [0.5, 0.6) is 0 Å². The Morgan fingerprint density at radius 1 is 1.69 bits per heavy atom. The molecule has 16 heavy (non-hydrogen) atoms. The number of halogens is 4. The topological polar surface area (TPSA) is 39.2 Å². The summed E-state index contributed by atoms with van der Waals surface area (Å²) in [6, 6.07) is 0.948. The van der Waals surface area contributed by atoms with Gasteiger partial charge in [-0.1, -0.05) is 11.6 Å². The van der Waals surface area contributed by atoms with E-state index in [0.717, 1.165) is 6.07 Å². The second-order valence-corrected chi connectivity index (χ2v) is 3.87. The van der Waals surface area contributed by atoms with Crippen molar-refractivity contribution in [3.63, 3.8) is 0 Å². The predicted octanol–water partition coefficient (Wildman–Crippen LogP) is 3.61. The first kappa shape index (κ1) is 13.3. The van der Waals surface area contributed by atoms with Gasteiger partial charge in [-0.3, -0.25) is 0 Å². The van der Waals surface area contributed by atoms with Crippen molar-refractivity contribution >= 4 is 33.5 Å². The van der Waals surface area contributed by atoms with E-state index in [-0.39, 0.29) is 21.8 Å². The van der Waals surface area contributed by atoms with Gasteiger partial charge in [-0.2, -0.15) is 0 Å². The lowest BCUT2D eigenvalue weighted by atomic mass is 10.2. The van der Waals surface area contributed by atoms with Gasteiger partial charge in [0.25, 0.3) is 6.43 Å². The Hall–Kier alpha value is -0.750. The van der Waals surface area contributed by atoms with Crippen LogP contribution in [0.25, 0.3) is 0 Å². The van der Waals surface area contributed by atoms with Crippen molar-refractivity contribution in [3.8, 4) is 0 Å².